The molecule has 2 N–H and O–H groups in total. The van der Waals surface area contributed by atoms with Crippen LogP contribution in [0.2, 0.25) is 5.15 Å². The fourth-order valence-corrected chi connectivity index (χ4v) is 2.58. The highest BCUT2D eigenvalue weighted by molar-refractivity contribution is 7.89. The number of aliphatic hydroxyl groups excluding tert-OH is 1. The zero-order valence-electron chi connectivity index (χ0n) is 8.85. The summed E-state index contributed by atoms with van der Waals surface area (Å²) in [6.45, 7) is 0.307. The molecule has 1 rings (SSSR count). The summed E-state index contributed by atoms with van der Waals surface area (Å²) in [5.41, 5.74) is 0. The van der Waals surface area contributed by atoms with Crippen LogP contribution in [0.5, 0.6) is 0 Å². The molecule has 0 spiro atoms. The standard InChI is InChI=1S/C8H14ClN3O3S/c1-12-6-10-8(7(12)9)16(14,15)11-4-2-3-5-13/h6,11,13H,2-5H2,1H3. The molecule has 8 heteroatoms. The van der Waals surface area contributed by atoms with Gasteiger partial charge in [-0.1, -0.05) is 11.6 Å². The van der Waals surface area contributed by atoms with Gasteiger partial charge in [-0.2, -0.15) is 0 Å². The average Bonchev–Trinajstić information content (AvgIpc) is 2.55. The largest absolute Gasteiger partial charge is 0.396 e. The van der Waals surface area contributed by atoms with Gasteiger partial charge in [0.15, 0.2) is 0 Å². The maximum absolute atomic E-state index is 11.7. The third-order valence-corrected chi connectivity index (χ3v) is 3.92. The first-order chi connectivity index (χ1) is 7.49. The van der Waals surface area contributed by atoms with Crippen LogP contribution < -0.4 is 4.72 Å². The molecule has 0 saturated heterocycles. The summed E-state index contributed by atoms with van der Waals surface area (Å²) < 4.78 is 27.2. The van der Waals surface area contributed by atoms with E-state index in [1.165, 1.54) is 10.9 Å². The quantitative estimate of drug-likeness (QED) is 0.718. The Labute approximate surface area is 99.3 Å². The fourth-order valence-electron chi connectivity index (χ4n) is 1.09. The van der Waals surface area contributed by atoms with Gasteiger partial charge >= 0.3 is 0 Å². The second kappa shape index (κ2) is 5.62. The molecule has 0 fully saturated rings. The molecule has 0 aliphatic heterocycles. The number of unbranched alkanes of at least 4 members (excludes halogenated alkanes) is 1. The normalized spacial score (nSPS) is 11.9. The second-order valence-electron chi connectivity index (χ2n) is 3.28. The molecule has 92 valence electrons. The molecular formula is C8H14ClN3O3S. The minimum atomic E-state index is -3.65. The van der Waals surface area contributed by atoms with Crippen LogP contribution in [-0.2, 0) is 17.1 Å². The van der Waals surface area contributed by atoms with Crippen molar-refractivity contribution in [1.29, 1.82) is 0 Å². The Morgan fingerprint density at radius 3 is 2.75 bits per heavy atom. The predicted molar refractivity (Wildman–Crippen MR) is 59.7 cm³/mol. The molecule has 0 radical (unpaired) electrons. The highest BCUT2D eigenvalue weighted by Crippen LogP contribution is 2.17. The number of hydrogen-bond donors (Lipinski definition) is 2. The van der Waals surface area contributed by atoms with Crippen LogP contribution in [0.15, 0.2) is 11.4 Å². The average molecular weight is 268 g/mol. The first-order valence-electron chi connectivity index (χ1n) is 4.76. The lowest BCUT2D eigenvalue weighted by Gasteiger charge is -2.04. The van der Waals surface area contributed by atoms with Gasteiger partial charge in [0.05, 0.1) is 6.33 Å². The maximum atomic E-state index is 11.7. The lowest BCUT2D eigenvalue weighted by Crippen LogP contribution is -2.25. The zero-order valence-corrected chi connectivity index (χ0v) is 10.4. The van der Waals surface area contributed by atoms with E-state index in [0.717, 1.165) is 0 Å². The molecule has 6 nitrogen and oxygen atoms in total. The fraction of sp³-hybridized carbons (Fsp3) is 0.625. The first kappa shape index (κ1) is 13.4. The van der Waals surface area contributed by atoms with E-state index in [9.17, 15) is 8.42 Å². The van der Waals surface area contributed by atoms with Gasteiger partial charge in [0.25, 0.3) is 10.0 Å². The van der Waals surface area contributed by atoms with Crippen molar-refractivity contribution in [2.24, 2.45) is 7.05 Å². The van der Waals surface area contributed by atoms with Gasteiger partial charge in [0.2, 0.25) is 5.03 Å². The molecule has 0 amide bonds. The molecule has 1 aromatic heterocycles. The Morgan fingerprint density at radius 2 is 2.25 bits per heavy atom. The summed E-state index contributed by atoms with van der Waals surface area (Å²) in [6.07, 6.45) is 2.46. The highest BCUT2D eigenvalue weighted by Gasteiger charge is 2.21. The number of nitrogens with zero attached hydrogens (tertiary/aromatic N) is 2. The molecule has 0 bridgehead atoms. The highest BCUT2D eigenvalue weighted by atomic mass is 35.5. The lowest BCUT2D eigenvalue weighted by atomic mass is 10.3. The van der Waals surface area contributed by atoms with Crippen LogP contribution in [0.3, 0.4) is 0 Å². The third kappa shape index (κ3) is 3.18. The number of hydrogen-bond acceptors (Lipinski definition) is 4. The van der Waals surface area contributed by atoms with Crippen molar-refractivity contribution in [2.45, 2.75) is 17.9 Å². The zero-order chi connectivity index (χ0) is 12.2. The van der Waals surface area contributed by atoms with Crippen molar-refractivity contribution in [3.05, 3.63) is 11.5 Å². The Morgan fingerprint density at radius 1 is 1.56 bits per heavy atom. The van der Waals surface area contributed by atoms with Gasteiger partial charge in [-0.3, -0.25) is 0 Å². The summed E-state index contributed by atoms with van der Waals surface area (Å²) in [6, 6.07) is 0. The number of halogens is 1. The molecular weight excluding hydrogens is 254 g/mol. The summed E-state index contributed by atoms with van der Waals surface area (Å²) in [4.78, 5) is 3.72. The lowest BCUT2D eigenvalue weighted by molar-refractivity contribution is 0.285. The number of imidazole rings is 1. The van der Waals surface area contributed by atoms with Crippen molar-refractivity contribution >= 4 is 21.6 Å². The van der Waals surface area contributed by atoms with Crippen LogP contribution in [0.1, 0.15) is 12.8 Å². The summed E-state index contributed by atoms with van der Waals surface area (Å²) in [5.74, 6) is 0. The van der Waals surface area contributed by atoms with Crippen LogP contribution >= 0.6 is 11.6 Å². The molecule has 0 aliphatic rings. The Kier molecular flexibility index (Phi) is 4.72. The molecule has 1 heterocycles. The van der Waals surface area contributed by atoms with Crippen LogP contribution in [-0.4, -0.2) is 36.2 Å². The van der Waals surface area contributed by atoms with E-state index in [-0.39, 0.29) is 23.3 Å². The number of nitrogens with one attached hydrogen (secondary N) is 1. The molecule has 0 aromatic carbocycles. The van der Waals surface area contributed by atoms with E-state index in [4.69, 9.17) is 16.7 Å². The first-order valence-corrected chi connectivity index (χ1v) is 6.62. The van der Waals surface area contributed by atoms with Crippen molar-refractivity contribution < 1.29 is 13.5 Å². The second-order valence-corrected chi connectivity index (χ2v) is 5.32. The van der Waals surface area contributed by atoms with Gasteiger partial charge in [-0.05, 0) is 12.8 Å². The Hall–Kier alpha value is -0.630. The molecule has 0 saturated carbocycles. The Bertz CT molecular complexity index is 443. The van der Waals surface area contributed by atoms with E-state index in [1.807, 2.05) is 0 Å². The van der Waals surface area contributed by atoms with E-state index in [2.05, 4.69) is 9.71 Å². The maximum Gasteiger partial charge on any atom is 0.261 e. The van der Waals surface area contributed by atoms with Gasteiger partial charge in [-0.25, -0.2) is 18.1 Å². The molecule has 1 aromatic rings. The number of rotatable bonds is 6. The van der Waals surface area contributed by atoms with E-state index in [1.54, 1.807) is 7.05 Å². The number of aromatic nitrogens is 2. The minimum Gasteiger partial charge on any atom is -0.396 e. The molecule has 0 aliphatic carbocycles. The van der Waals surface area contributed by atoms with E-state index in [0.29, 0.717) is 12.8 Å². The smallest absolute Gasteiger partial charge is 0.261 e. The Balaban J connectivity index is 2.68. The molecule has 16 heavy (non-hydrogen) atoms. The van der Waals surface area contributed by atoms with Gasteiger partial charge < -0.3 is 9.67 Å². The van der Waals surface area contributed by atoms with Crippen molar-refractivity contribution in [2.75, 3.05) is 13.2 Å². The van der Waals surface area contributed by atoms with Gasteiger partial charge in [-0.15, -0.1) is 0 Å². The summed E-state index contributed by atoms with van der Waals surface area (Å²) >= 11 is 5.77. The van der Waals surface area contributed by atoms with Crippen LogP contribution in [0.25, 0.3) is 0 Å². The van der Waals surface area contributed by atoms with Crippen molar-refractivity contribution in [1.82, 2.24) is 14.3 Å². The SMILES string of the molecule is Cn1cnc(S(=O)(=O)NCCCCO)c1Cl. The number of sulfonamides is 1. The monoisotopic (exact) mass is 267 g/mol. The number of aryl methyl sites for hydroxylation is 1. The topological polar surface area (TPSA) is 84.2 Å². The van der Waals surface area contributed by atoms with Crippen LogP contribution in [0.4, 0.5) is 0 Å². The van der Waals surface area contributed by atoms with E-state index < -0.39 is 10.0 Å². The molecule has 0 atom stereocenters. The van der Waals surface area contributed by atoms with Gasteiger partial charge in [0.1, 0.15) is 5.15 Å². The minimum absolute atomic E-state index is 0.0477. The number of aliphatic hydroxyl groups is 1. The van der Waals surface area contributed by atoms with Crippen molar-refractivity contribution in [3.8, 4) is 0 Å². The third-order valence-electron chi connectivity index (χ3n) is 1.97. The summed E-state index contributed by atoms with van der Waals surface area (Å²) in [7, 11) is -2.03. The van der Waals surface area contributed by atoms with E-state index >= 15 is 0 Å². The van der Waals surface area contributed by atoms with Crippen molar-refractivity contribution in [3.63, 3.8) is 0 Å². The summed E-state index contributed by atoms with van der Waals surface area (Å²) in [5, 5.41) is 8.46. The van der Waals surface area contributed by atoms with Crippen LogP contribution in [0, 0.1) is 0 Å². The van der Waals surface area contributed by atoms with Gasteiger partial charge in [0, 0.05) is 20.2 Å². The molecule has 0 unspecified atom stereocenters. The predicted octanol–water partition coefficient (Wildman–Crippen LogP) is 0.124.